The Morgan fingerprint density at radius 1 is 0.419 bits per heavy atom. The van der Waals surface area contributed by atoms with E-state index in [1.165, 1.54) is 91.3 Å². The van der Waals surface area contributed by atoms with Crippen LogP contribution < -0.4 is 4.90 Å². The predicted octanol–water partition coefficient (Wildman–Crippen LogP) is 16.6. The highest BCUT2D eigenvalue weighted by molar-refractivity contribution is 7.99. The van der Waals surface area contributed by atoms with Crippen molar-refractivity contribution in [2.24, 2.45) is 0 Å². The number of furan rings is 1. The molecule has 2 nitrogen and oxygen atoms in total. The molecule has 0 saturated heterocycles. The summed E-state index contributed by atoms with van der Waals surface area (Å²) in [6.45, 7) is 4.74. The summed E-state index contributed by atoms with van der Waals surface area (Å²) in [5.74, 6) is 0. The SMILES string of the molecule is CC1(C)c2ccccc2-c2ccc(N(c3ccc4oc5ccccc5c4c3)c3cccc4sc5cc6c(cc5c34)-c3ccccc3C63c4ccccc4Sc4ccccc43)cc21. The van der Waals surface area contributed by atoms with E-state index in [1.54, 1.807) is 0 Å². The van der Waals surface area contributed by atoms with E-state index >= 15 is 0 Å². The number of hydrogen-bond acceptors (Lipinski definition) is 4. The molecule has 1 spiro atoms. The molecule has 14 rings (SSSR count). The van der Waals surface area contributed by atoms with E-state index in [4.69, 9.17) is 4.42 Å². The fraction of sp³-hybridized carbons (Fsp3) is 0.0690. The lowest BCUT2D eigenvalue weighted by atomic mass is 9.67. The van der Waals surface area contributed by atoms with Crippen LogP contribution in [0.4, 0.5) is 17.1 Å². The topological polar surface area (TPSA) is 16.4 Å². The lowest BCUT2D eigenvalue weighted by molar-refractivity contribution is 0.660. The minimum Gasteiger partial charge on any atom is -0.456 e. The number of rotatable bonds is 3. The lowest BCUT2D eigenvalue weighted by Gasteiger charge is -2.39. The van der Waals surface area contributed by atoms with Gasteiger partial charge in [0.25, 0.3) is 0 Å². The average Bonchev–Trinajstić information content (AvgIpc) is 4.02. The third-order valence-electron chi connectivity index (χ3n) is 14.1. The van der Waals surface area contributed by atoms with Gasteiger partial charge in [0, 0.05) is 57.5 Å². The average molecular weight is 828 g/mol. The molecule has 9 aromatic carbocycles. The lowest BCUT2D eigenvalue weighted by Crippen LogP contribution is -2.31. The van der Waals surface area contributed by atoms with E-state index in [1.807, 2.05) is 29.2 Å². The summed E-state index contributed by atoms with van der Waals surface area (Å²) < 4.78 is 8.96. The molecule has 0 unspecified atom stereocenters. The summed E-state index contributed by atoms with van der Waals surface area (Å²) in [7, 11) is 0. The first-order chi connectivity index (χ1) is 30.5. The number of fused-ring (bicyclic) bond motifs is 18. The first-order valence-electron chi connectivity index (χ1n) is 21.4. The van der Waals surface area contributed by atoms with Crippen LogP contribution >= 0.6 is 23.1 Å². The maximum Gasteiger partial charge on any atom is 0.135 e. The molecule has 0 bridgehead atoms. The zero-order chi connectivity index (χ0) is 40.9. The molecule has 62 heavy (non-hydrogen) atoms. The summed E-state index contributed by atoms with van der Waals surface area (Å²) in [6, 6.07) is 70.4. The van der Waals surface area contributed by atoms with Crippen LogP contribution in [0.2, 0.25) is 0 Å². The van der Waals surface area contributed by atoms with Gasteiger partial charge in [0.15, 0.2) is 0 Å². The van der Waals surface area contributed by atoms with Gasteiger partial charge in [-0.1, -0.05) is 141 Å². The normalized spacial score (nSPS) is 14.8. The second-order valence-electron chi connectivity index (χ2n) is 17.6. The van der Waals surface area contributed by atoms with Crippen molar-refractivity contribution < 1.29 is 4.42 Å². The van der Waals surface area contributed by atoms with Gasteiger partial charge >= 0.3 is 0 Å². The van der Waals surface area contributed by atoms with E-state index < -0.39 is 5.41 Å². The van der Waals surface area contributed by atoms with Crippen molar-refractivity contribution in [3.63, 3.8) is 0 Å². The number of para-hydroxylation sites is 1. The van der Waals surface area contributed by atoms with Gasteiger partial charge in [-0.15, -0.1) is 11.3 Å². The van der Waals surface area contributed by atoms with Gasteiger partial charge in [-0.25, -0.2) is 0 Å². The molecule has 0 fully saturated rings. The zero-order valence-electron chi connectivity index (χ0n) is 34.1. The van der Waals surface area contributed by atoms with Gasteiger partial charge in [-0.05, 0) is 128 Å². The fourth-order valence-corrected chi connectivity index (χ4v) is 13.8. The molecule has 11 aromatic rings. The Hall–Kier alpha value is -6.85. The number of nitrogens with zero attached hydrogens (tertiary/aromatic N) is 1. The Balaban J connectivity index is 1.05. The van der Waals surface area contributed by atoms with Crippen LogP contribution in [0.1, 0.15) is 47.2 Å². The van der Waals surface area contributed by atoms with Crippen LogP contribution in [-0.2, 0) is 10.8 Å². The highest BCUT2D eigenvalue weighted by atomic mass is 32.2. The summed E-state index contributed by atoms with van der Waals surface area (Å²) in [6.07, 6.45) is 0. The molecule has 3 heterocycles. The molecule has 4 heteroatoms. The number of benzene rings is 9. The molecule has 1 aliphatic heterocycles. The maximum atomic E-state index is 6.38. The molecule has 2 aromatic heterocycles. The van der Waals surface area contributed by atoms with E-state index in [9.17, 15) is 0 Å². The Morgan fingerprint density at radius 3 is 1.85 bits per heavy atom. The first-order valence-corrected chi connectivity index (χ1v) is 23.0. The van der Waals surface area contributed by atoms with E-state index in [-0.39, 0.29) is 5.41 Å². The van der Waals surface area contributed by atoms with Gasteiger partial charge in [-0.2, -0.15) is 0 Å². The Morgan fingerprint density at radius 2 is 1.05 bits per heavy atom. The van der Waals surface area contributed by atoms with Crippen LogP contribution in [-0.4, -0.2) is 0 Å². The highest BCUT2D eigenvalue weighted by Gasteiger charge is 2.50. The van der Waals surface area contributed by atoms with E-state index in [0.29, 0.717) is 0 Å². The summed E-state index contributed by atoms with van der Waals surface area (Å²) >= 11 is 3.81. The number of thiophene rings is 1. The second-order valence-corrected chi connectivity index (χ2v) is 19.7. The molecule has 2 aliphatic carbocycles. The molecule has 292 valence electrons. The second kappa shape index (κ2) is 12.4. The van der Waals surface area contributed by atoms with Gasteiger partial charge in [0.05, 0.1) is 11.1 Å². The Labute approximate surface area is 367 Å². The minimum atomic E-state index is -0.416. The summed E-state index contributed by atoms with van der Waals surface area (Å²) in [5, 5.41) is 4.80. The predicted molar refractivity (Wildman–Crippen MR) is 260 cm³/mol. The van der Waals surface area contributed by atoms with E-state index in [2.05, 4.69) is 201 Å². The number of hydrogen-bond donors (Lipinski definition) is 0. The van der Waals surface area contributed by atoms with Crippen molar-refractivity contribution in [2.75, 3.05) is 4.90 Å². The Bertz CT molecular complexity index is 3690. The van der Waals surface area contributed by atoms with Crippen molar-refractivity contribution in [3.8, 4) is 22.3 Å². The standard InChI is InChI=1S/C58H37NOS2/c1-57(2)43-17-6-3-14-36(43)38-28-26-35(31-47(38)57)59(34-27-29-51-41(30-34)39-16-5-10-22-50(39)60-51)49-21-13-25-54-56(49)42-32-40-37-15-4-7-18-44(37)58(48(40)33-55(42)62-54)45-19-8-11-23-52(45)61-53-24-12-9-20-46(53)58/h3-33H,1-2H3. The molecular formula is C58H37NOS2. The third kappa shape index (κ3) is 4.45. The van der Waals surface area contributed by atoms with Crippen molar-refractivity contribution >= 4 is 82.3 Å². The first kappa shape index (κ1) is 34.8. The molecule has 0 atom stereocenters. The van der Waals surface area contributed by atoms with Crippen LogP contribution in [0.5, 0.6) is 0 Å². The van der Waals surface area contributed by atoms with Gasteiger partial charge in [-0.3, -0.25) is 0 Å². The number of anilines is 3. The van der Waals surface area contributed by atoms with E-state index in [0.717, 1.165) is 33.3 Å². The largest absolute Gasteiger partial charge is 0.456 e. The van der Waals surface area contributed by atoms with Crippen molar-refractivity contribution in [3.05, 3.63) is 221 Å². The fourth-order valence-electron chi connectivity index (χ4n) is 11.4. The highest BCUT2D eigenvalue weighted by Crippen LogP contribution is 2.63. The molecule has 0 saturated carbocycles. The Kier molecular flexibility index (Phi) is 6.95. The molecule has 3 aliphatic rings. The molecule has 0 radical (unpaired) electrons. The summed E-state index contributed by atoms with van der Waals surface area (Å²) in [4.78, 5) is 5.15. The molecular weight excluding hydrogens is 791 g/mol. The van der Waals surface area contributed by atoms with Crippen LogP contribution in [0.15, 0.2) is 202 Å². The van der Waals surface area contributed by atoms with Gasteiger partial charge < -0.3 is 9.32 Å². The maximum absolute atomic E-state index is 6.38. The quantitative estimate of drug-likeness (QED) is 0.177. The van der Waals surface area contributed by atoms with Crippen LogP contribution in [0.25, 0.3) is 64.4 Å². The monoisotopic (exact) mass is 827 g/mol. The summed E-state index contributed by atoms with van der Waals surface area (Å²) in [5.41, 5.74) is 18.1. The van der Waals surface area contributed by atoms with Crippen LogP contribution in [0.3, 0.4) is 0 Å². The van der Waals surface area contributed by atoms with Crippen LogP contribution in [0, 0.1) is 0 Å². The third-order valence-corrected chi connectivity index (χ3v) is 16.4. The zero-order valence-corrected chi connectivity index (χ0v) is 35.7. The minimum absolute atomic E-state index is 0.141. The van der Waals surface area contributed by atoms with Crippen molar-refractivity contribution in [1.82, 2.24) is 0 Å². The molecule has 0 N–H and O–H groups in total. The van der Waals surface area contributed by atoms with Gasteiger partial charge in [0.1, 0.15) is 11.2 Å². The van der Waals surface area contributed by atoms with Crippen molar-refractivity contribution in [1.29, 1.82) is 0 Å². The molecule has 0 amide bonds. The van der Waals surface area contributed by atoms with Crippen molar-refractivity contribution in [2.45, 2.75) is 34.5 Å². The van der Waals surface area contributed by atoms with Gasteiger partial charge in [0.2, 0.25) is 0 Å². The smallest absolute Gasteiger partial charge is 0.135 e.